The number of furan rings is 1. The lowest BCUT2D eigenvalue weighted by atomic mass is 9.98. The molecule has 2 aromatic heterocycles. The van der Waals surface area contributed by atoms with E-state index in [0.717, 1.165) is 44.2 Å². The molecule has 4 nitrogen and oxygen atoms in total. The van der Waals surface area contributed by atoms with E-state index in [1.54, 1.807) is 0 Å². The summed E-state index contributed by atoms with van der Waals surface area (Å²) in [6.45, 7) is 0. The highest BCUT2D eigenvalue weighted by Crippen LogP contribution is 2.40. The van der Waals surface area contributed by atoms with Crippen molar-refractivity contribution >= 4 is 32.7 Å². The molecule has 0 aliphatic rings. The van der Waals surface area contributed by atoms with Crippen LogP contribution in [0.3, 0.4) is 0 Å². The fraction of sp³-hybridized carbons (Fsp3) is 0. The summed E-state index contributed by atoms with van der Waals surface area (Å²) in [7, 11) is 0. The van der Waals surface area contributed by atoms with E-state index < -0.39 is 0 Å². The van der Waals surface area contributed by atoms with Crippen molar-refractivity contribution in [1.29, 1.82) is 0 Å². The Bertz CT molecular complexity index is 2790. The molecule has 47 heavy (non-hydrogen) atoms. The van der Waals surface area contributed by atoms with Crippen LogP contribution in [0.4, 0.5) is 0 Å². The lowest BCUT2D eigenvalue weighted by molar-refractivity contribution is 0.669. The molecule has 0 spiro atoms. The molecule has 0 saturated heterocycles. The van der Waals surface area contributed by atoms with E-state index in [4.69, 9.17) is 24.9 Å². The Balaban J connectivity index is 1.33. The van der Waals surface area contributed by atoms with Crippen molar-refractivity contribution in [1.82, 2.24) is 15.0 Å². The summed E-state index contributed by atoms with van der Waals surface area (Å²) < 4.78 is 40.6. The van der Waals surface area contributed by atoms with Gasteiger partial charge in [0.25, 0.3) is 0 Å². The van der Waals surface area contributed by atoms with Crippen molar-refractivity contribution in [3.05, 3.63) is 164 Å². The van der Waals surface area contributed by atoms with Crippen LogP contribution in [-0.4, -0.2) is 15.0 Å². The number of aromatic nitrogens is 3. The lowest BCUT2D eigenvalue weighted by Crippen LogP contribution is -2.00. The third-order valence-corrected chi connectivity index (χ3v) is 8.44. The van der Waals surface area contributed by atoms with Crippen molar-refractivity contribution in [2.45, 2.75) is 0 Å². The van der Waals surface area contributed by atoms with E-state index in [2.05, 4.69) is 42.5 Å². The summed E-state index contributed by atoms with van der Waals surface area (Å²) >= 11 is 0. The van der Waals surface area contributed by atoms with Crippen molar-refractivity contribution in [3.8, 4) is 56.4 Å². The molecule has 9 aromatic rings. The molecule has 4 heteroatoms. The predicted molar refractivity (Wildman–Crippen MR) is 192 cm³/mol. The van der Waals surface area contributed by atoms with Gasteiger partial charge in [-0.05, 0) is 63.3 Å². The van der Waals surface area contributed by atoms with E-state index in [0.29, 0.717) is 34.0 Å². The monoisotopic (exact) mass is 605 g/mol. The molecule has 9 rings (SSSR count). The number of hydrogen-bond donors (Lipinski definition) is 0. The van der Waals surface area contributed by atoms with Crippen LogP contribution < -0.4 is 0 Å². The van der Waals surface area contributed by atoms with Crippen molar-refractivity contribution < 1.29 is 9.90 Å². The fourth-order valence-corrected chi connectivity index (χ4v) is 6.13. The number of rotatable bonds is 5. The molecule has 0 saturated carbocycles. The minimum Gasteiger partial charge on any atom is -0.456 e. The third kappa shape index (κ3) is 4.93. The van der Waals surface area contributed by atoms with Crippen LogP contribution in [0.25, 0.3) is 89.1 Å². The summed E-state index contributed by atoms with van der Waals surface area (Å²) in [5.74, 6) is 1.30. The van der Waals surface area contributed by atoms with E-state index in [1.807, 2.05) is 97.1 Å². The van der Waals surface area contributed by atoms with Gasteiger partial charge in [-0.2, -0.15) is 0 Å². The summed E-state index contributed by atoms with van der Waals surface area (Å²) in [6.07, 6.45) is 0. The first-order chi connectivity index (χ1) is 24.9. The third-order valence-electron chi connectivity index (χ3n) is 8.44. The van der Waals surface area contributed by atoms with E-state index in [1.165, 1.54) is 0 Å². The summed E-state index contributed by atoms with van der Waals surface area (Å²) in [5, 5.41) is 2.93. The molecule has 0 unspecified atom stereocenters. The van der Waals surface area contributed by atoms with Crippen LogP contribution >= 0.6 is 0 Å². The standard InChI is InChI=1S/C43H27N3O/c1-4-12-28(13-5-1)32-22-20-30-21-23-33(25-34(30)24-32)42-44-41(31-16-8-3-9-17-31)45-43(46-42)37-26-35(29-14-6-2-7-15-29)27-39-40(37)36-18-10-11-19-38(36)47-39/h1-27H/i10D,11D,18D,19D. The fourth-order valence-electron chi connectivity index (χ4n) is 6.13. The van der Waals surface area contributed by atoms with Gasteiger partial charge in [-0.1, -0.05) is 133 Å². The van der Waals surface area contributed by atoms with Gasteiger partial charge in [0.15, 0.2) is 17.5 Å². The second-order valence-corrected chi connectivity index (χ2v) is 11.4. The predicted octanol–water partition coefficient (Wildman–Crippen LogP) is 11.3. The molecule has 7 aromatic carbocycles. The van der Waals surface area contributed by atoms with Gasteiger partial charge in [-0.15, -0.1) is 0 Å². The van der Waals surface area contributed by atoms with Gasteiger partial charge in [0.1, 0.15) is 11.2 Å². The van der Waals surface area contributed by atoms with E-state index in [-0.39, 0.29) is 35.1 Å². The van der Waals surface area contributed by atoms with Crippen LogP contribution in [0.1, 0.15) is 5.48 Å². The highest BCUT2D eigenvalue weighted by atomic mass is 16.3. The molecular formula is C43H27N3O. The van der Waals surface area contributed by atoms with Gasteiger partial charge in [0.2, 0.25) is 0 Å². The quantitative estimate of drug-likeness (QED) is 0.196. The van der Waals surface area contributed by atoms with Crippen molar-refractivity contribution in [3.63, 3.8) is 0 Å². The van der Waals surface area contributed by atoms with Gasteiger partial charge in [-0.25, -0.2) is 15.0 Å². The van der Waals surface area contributed by atoms with Crippen LogP contribution in [0.2, 0.25) is 0 Å². The van der Waals surface area contributed by atoms with Gasteiger partial charge < -0.3 is 4.42 Å². The first kappa shape index (κ1) is 23.0. The zero-order valence-corrected chi connectivity index (χ0v) is 25.0. The molecule has 220 valence electrons. The maximum Gasteiger partial charge on any atom is 0.164 e. The number of fused-ring (bicyclic) bond motifs is 4. The number of hydrogen-bond acceptors (Lipinski definition) is 4. The smallest absolute Gasteiger partial charge is 0.164 e. The zero-order valence-electron chi connectivity index (χ0n) is 29.0. The molecule has 0 radical (unpaired) electrons. The topological polar surface area (TPSA) is 51.8 Å². The molecule has 0 aliphatic carbocycles. The minimum atomic E-state index is -0.350. The normalized spacial score (nSPS) is 12.6. The number of nitrogens with zero attached hydrogens (tertiary/aromatic N) is 3. The maximum atomic E-state index is 8.91. The van der Waals surface area contributed by atoms with Crippen molar-refractivity contribution in [2.24, 2.45) is 0 Å². The summed E-state index contributed by atoms with van der Waals surface area (Å²) in [4.78, 5) is 15.1. The Morgan fingerprint density at radius 2 is 1.00 bits per heavy atom. The van der Waals surface area contributed by atoms with Gasteiger partial charge >= 0.3 is 0 Å². The molecule has 2 heterocycles. The van der Waals surface area contributed by atoms with Crippen LogP contribution in [0, 0.1) is 0 Å². The van der Waals surface area contributed by atoms with Crippen molar-refractivity contribution in [2.75, 3.05) is 0 Å². The Kier molecular flexibility index (Phi) is 5.49. The molecule has 0 amide bonds. The second kappa shape index (κ2) is 11.2. The summed E-state index contributed by atoms with van der Waals surface area (Å²) in [6, 6.07) is 45.2. The van der Waals surface area contributed by atoms with Crippen LogP contribution in [0.5, 0.6) is 0 Å². The Hall–Kier alpha value is -6.39. The molecular weight excluding hydrogens is 574 g/mol. The van der Waals surface area contributed by atoms with Crippen LogP contribution in [-0.2, 0) is 0 Å². The average molecular weight is 606 g/mol. The molecule has 0 fully saturated rings. The van der Waals surface area contributed by atoms with Gasteiger partial charge in [0.05, 0.1) is 5.48 Å². The average Bonchev–Trinajstić information content (AvgIpc) is 3.59. The largest absolute Gasteiger partial charge is 0.456 e. The molecule has 0 bridgehead atoms. The molecule has 0 atom stereocenters. The van der Waals surface area contributed by atoms with E-state index in [9.17, 15) is 0 Å². The highest BCUT2D eigenvalue weighted by Gasteiger charge is 2.19. The summed E-state index contributed by atoms with van der Waals surface area (Å²) in [5.41, 5.74) is 6.69. The first-order valence-electron chi connectivity index (χ1n) is 17.4. The van der Waals surface area contributed by atoms with Gasteiger partial charge in [0, 0.05) is 27.5 Å². The number of para-hydroxylation sites is 1. The number of benzene rings is 7. The highest BCUT2D eigenvalue weighted by molar-refractivity contribution is 6.13. The van der Waals surface area contributed by atoms with Crippen LogP contribution in [0.15, 0.2) is 168 Å². The van der Waals surface area contributed by atoms with Gasteiger partial charge in [-0.3, -0.25) is 0 Å². The molecule has 0 N–H and O–H groups in total. The first-order valence-corrected chi connectivity index (χ1v) is 15.4. The SMILES string of the molecule is [2H]c1c([2H])c([2H])c2c(oc3cc(-c4ccccc4)cc(-c4nc(-c5ccccc5)nc(-c5ccc6ccc(-c7ccccc7)cc6c5)n4)c32)c1[2H]. The second-order valence-electron chi connectivity index (χ2n) is 11.4. The lowest BCUT2D eigenvalue weighted by Gasteiger charge is -2.12. The Labute approximate surface area is 277 Å². The molecule has 0 aliphatic heterocycles. The zero-order chi connectivity index (χ0) is 34.6. The maximum absolute atomic E-state index is 8.91. The van der Waals surface area contributed by atoms with E-state index >= 15 is 0 Å². The minimum absolute atomic E-state index is 0.0868. The Morgan fingerprint density at radius 1 is 0.426 bits per heavy atom. The Morgan fingerprint density at radius 3 is 1.72 bits per heavy atom.